The molecule has 0 heterocycles. The Balaban J connectivity index is 2.89. The highest BCUT2D eigenvalue weighted by molar-refractivity contribution is 5.76. The number of carbonyl (C=O) groups is 1. The third kappa shape index (κ3) is 2.31. The molecule has 0 radical (unpaired) electrons. The number of nitrogens with two attached hydrogens (primary N) is 1. The first-order valence-electron chi connectivity index (χ1n) is 4.22. The Hall–Kier alpha value is -1.39. The summed E-state index contributed by atoms with van der Waals surface area (Å²) in [7, 11) is 0. The van der Waals surface area contributed by atoms with E-state index in [1.165, 1.54) is 0 Å². The standard InChI is InChI=1S/C10H13NO3/c1-7-4-2-3-5-8(7)6-10(11,14)9(12)13/h2-5,14H,6,11H2,1H3,(H,12,13)/t10-/m1/s1. The van der Waals surface area contributed by atoms with Crippen LogP contribution in [0.15, 0.2) is 24.3 Å². The molecule has 0 unspecified atom stereocenters. The normalized spacial score (nSPS) is 14.8. The van der Waals surface area contributed by atoms with E-state index in [2.05, 4.69) is 0 Å². The summed E-state index contributed by atoms with van der Waals surface area (Å²) < 4.78 is 0. The maximum atomic E-state index is 10.6. The van der Waals surface area contributed by atoms with Crippen LogP contribution in [0.25, 0.3) is 0 Å². The van der Waals surface area contributed by atoms with Crippen LogP contribution in [0.3, 0.4) is 0 Å². The van der Waals surface area contributed by atoms with Crippen molar-refractivity contribution in [2.24, 2.45) is 5.73 Å². The van der Waals surface area contributed by atoms with Crippen LogP contribution in [0.5, 0.6) is 0 Å². The molecule has 1 aromatic rings. The maximum absolute atomic E-state index is 10.6. The highest BCUT2D eigenvalue weighted by Gasteiger charge is 2.31. The van der Waals surface area contributed by atoms with Gasteiger partial charge in [0.25, 0.3) is 0 Å². The van der Waals surface area contributed by atoms with E-state index in [1.54, 1.807) is 12.1 Å². The van der Waals surface area contributed by atoms with E-state index in [1.807, 2.05) is 19.1 Å². The van der Waals surface area contributed by atoms with Gasteiger partial charge in [0.2, 0.25) is 5.72 Å². The Morgan fingerprint density at radius 3 is 2.57 bits per heavy atom. The van der Waals surface area contributed by atoms with E-state index < -0.39 is 11.7 Å². The monoisotopic (exact) mass is 195 g/mol. The number of aliphatic carboxylic acids is 1. The van der Waals surface area contributed by atoms with Gasteiger partial charge in [-0.2, -0.15) is 0 Å². The number of hydrogen-bond acceptors (Lipinski definition) is 3. The van der Waals surface area contributed by atoms with E-state index in [4.69, 9.17) is 10.8 Å². The van der Waals surface area contributed by atoms with Crippen molar-refractivity contribution in [2.75, 3.05) is 0 Å². The van der Waals surface area contributed by atoms with Crippen LogP contribution < -0.4 is 5.73 Å². The van der Waals surface area contributed by atoms with Crippen molar-refractivity contribution < 1.29 is 15.0 Å². The molecule has 0 aromatic heterocycles. The Labute approximate surface area is 82.0 Å². The number of hydrogen-bond donors (Lipinski definition) is 3. The van der Waals surface area contributed by atoms with Crippen LogP contribution in [-0.2, 0) is 11.2 Å². The van der Waals surface area contributed by atoms with Crippen LogP contribution >= 0.6 is 0 Å². The Bertz CT molecular complexity index is 347. The van der Waals surface area contributed by atoms with Gasteiger partial charge >= 0.3 is 5.97 Å². The zero-order valence-electron chi connectivity index (χ0n) is 7.90. The molecule has 0 aliphatic carbocycles. The van der Waals surface area contributed by atoms with Crippen LogP contribution in [0, 0.1) is 6.92 Å². The predicted octanol–water partition coefficient (Wildman–Crippen LogP) is 0.269. The summed E-state index contributed by atoms with van der Waals surface area (Å²) in [6.07, 6.45) is -0.0883. The Morgan fingerprint density at radius 2 is 2.07 bits per heavy atom. The molecule has 76 valence electrons. The highest BCUT2D eigenvalue weighted by Crippen LogP contribution is 2.13. The van der Waals surface area contributed by atoms with Crippen molar-refractivity contribution in [1.29, 1.82) is 0 Å². The fraction of sp³-hybridized carbons (Fsp3) is 0.300. The lowest BCUT2D eigenvalue weighted by Crippen LogP contribution is -2.49. The van der Waals surface area contributed by atoms with Crippen LogP contribution in [-0.4, -0.2) is 21.9 Å². The Morgan fingerprint density at radius 1 is 1.50 bits per heavy atom. The van der Waals surface area contributed by atoms with E-state index >= 15 is 0 Å². The average molecular weight is 195 g/mol. The molecule has 0 saturated carbocycles. The molecule has 0 bridgehead atoms. The maximum Gasteiger partial charge on any atom is 0.351 e. The average Bonchev–Trinajstić information content (AvgIpc) is 2.08. The van der Waals surface area contributed by atoms with Crippen molar-refractivity contribution in [1.82, 2.24) is 0 Å². The van der Waals surface area contributed by atoms with E-state index in [0.29, 0.717) is 0 Å². The molecule has 4 heteroatoms. The summed E-state index contributed by atoms with van der Waals surface area (Å²) >= 11 is 0. The highest BCUT2D eigenvalue weighted by atomic mass is 16.4. The molecule has 0 fully saturated rings. The summed E-state index contributed by atoms with van der Waals surface area (Å²) in [5.41, 5.74) is 4.68. The number of carboxylic acids is 1. The molecule has 1 aromatic carbocycles. The summed E-state index contributed by atoms with van der Waals surface area (Å²) in [6.45, 7) is 1.84. The number of benzene rings is 1. The van der Waals surface area contributed by atoms with Gasteiger partial charge in [0, 0.05) is 6.42 Å². The molecule has 14 heavy (non-hydrogen) atoms. The minimum Gasteiger partial charge on any atom is -0.478 e. The second kappa shape index (κ2) is 3.77. The molecule has 0 amide bonds. The third-order valence-corrected chi connectivity index (χ3v) is 2.09. The largest absolute Gasteiger partial charge is 0.478 e. The Kier molecular flexibility index (Phi) is 2.88. The molecular formula is C10H13NO3. The van der Waals surface area contributed by atoms with Gasteiger partial charge in [0.1, 0.15) is 0 Å². The van der Waals surface area contributed by atoms with Crippen molar-refractivity contribution in [3.05, 3.63) is 35.4 Å². The molecular weight excluding hydrogens is 182 g/mol. The first kappa shape index (κ1) is 10.7. The second-order valence-electron chi connectivity index (χ2n) is 3.33. The van der Waals surface area contributed by atoms with E-state index in [0.717, 1.165) is 11.1 Å². The van der Waals surface area contributed by atoms with Gasteiger partial charge in [-0.05, 0) is 18.1 Å². The zero-order chi connectivity index (χ0) is 10.8. The van der Waals surface area contributed by atoms with Crippen LogP contribution in [0.2, 0.25) is 0 Å². The molecule has 4 nitrogen and oxygen atoms in total. The topological polar surface area (TPSA) is 83.5 Å². The van der Waals surface area contributed by atoms with Crippen LogP contribution in [0.1, 0.15) is 11.1 Å². The molecule has 0 spiro atoms. The number of aliphatic hydroxyl groups is 1. The molecule has 0 aliphatic heterocycles. The number of rotatable bonds is 3. The predicted molar refractivity (Wildman–Crippen MR) is 51.7 cm³/mol. The van der Waals surface area contributed by atoms with Gasteiger partial charge in [0.05, 0.1) is 0 Å². The SMILES string of the molecule is Cc1ccccc1C[C@@](N)(O)C(=O)O. The quantitative estimate of drug-likeness (QED) is 0.604. The van der Waals surface area contributed by atoms with Gasteiger partial charge in [-0.25, -0.2) is 4.79 Å². The van der Waals surface area contributed by atoms with E-state index in [-0.39, 0.29) is 6.42 Å². The van der Waals surface area contributed by atoms with Gasteiger partial charge in [-0.15, -0.1) is 0 Å². The van der Waals surface area contributed by atoms with Gasteiger partial charge in [0.15, 0.2) is 0 Å². The first-order chi connectivity index (χ1) is 6.43. The zero-order valence-corrected chi connectivity index (χ0v) is 7.90. The summed E-state index contributed by atoms with van der Waals surface area (Å²) in [5.74, 6) is -1.42. The molecule has 4 N–H and O–H groups in total. The van der Waals surface area contributed by atoms with Crippen molar-refractivity contribution >= 4 is 5.97 Å². The van der Waals surface area contributed by atoms with Gasteiger partial charge < -0.3 is 10.2 Å². The number of aryl methyl sites for hydroxylation is 1. The van der Waals surface area contributed by atoms with Crippen molar-refractivity contribution in [3.8, 4) is 0 Å². The van der Waals surface area contributed by atoms with Crippen LogP contribution in [0.4, 0.5) is 0 Å². The van der Waals surface area contributed by atoms with Gasteiger partial charge in [-0.3, -0.25) is 5.73 Å². The van der Waals surface area contributed by atoms with E-state index in [9.17, 15) is 9.90 Å². The van der Waals surface area contributed by atoms with Crippen molar-refractivity contribution in [2.45, 2.75) is 19.1 Å². The molecule has 1 rings (SSSR count). The third-order valence-electron chi connectivity index (χ3n) is 2.09. The molecule has 1 atom stereocenters. The minimum atomic E-state index is -2.19. The lowest BCUT2D eigenvalue weighted by molar-refractivity contribution is -0.157. The number of carboxylic acid groups (broad SMARTS) is 1. The summed E-state index contributed by atoms with van der Waals surface area (Å²) in [4.78, 5) is 10.6. The summed E-state index contributed by atoms with van der Waals surface area (Å²) in [5, 5.41) is 18.0. The fourth-order valence-electron chi connectivity index (χ4n) is 1.17. The first-order valence-corrected chi connectivity index (χ1v) is 4.22. The molecule has 0 aliphatic rings. The summed E-state index contributed by atoms with van der Waals surface area (Å²) in [6, 6.07) is 7.21. The fourth-order valence-corrected chi connectivity index (χ4v) is 1.17. The van der Waals surface area contributed by atoms with Crippen molar-refractivity contribution in [3.63, 3.8) is 0 Å². The molecule has 0 saturated heterocycles. The lowest BCUT2D eigenvalue weighted by Gasteiger charge is -2.18. The lowest BCUT2D eigenvalue weighted by atomic mass is 9.99. The minimum absolute atomic E-state index is 0.0883. The van der Waals surface area contributed by atoms with Gasteiger partial charge in [-0.1, -0.05) is 24.3 Å². The smallest absolute Gasteiger partial charge is 0.351 e. The second-order valence-corrected chi connectivity index (χ2v) is 3.33.